The predicted octanol–water partition coefficient (Wildman–Crippen LogP) is 3.01. The van der Waals surface area contributed by atoms with E-state index in [9.17, 15) is 0 Å². The highest BCUT2D eigenvalue weighted by Gasteiger charge is 2.16. The minimum Gasteiger partial charge on any atom is -0.379 e. The molecule has 0 aromatic rings. The lowest BCUT2D eigenvalue weighted by atomic mass is 10.0. The maximum atomic E-state index is 5.58. The highest BCUT2D eigenvalue weighted by Crippen LogP contribution is 2.16. The Labute approximate surface area is 82.6 Å². The summed E-state index contributed by atoms with van der Waals surface area (Å²) in [5, 5.41) is 0. The SMILES string of the molecule is CCOC(C)(C)CCCOC(C)C. The van der Waals surface area contributed by atoms with Gasteiger partial charge in [0.1, 0.15) is 0 Å². The summed E-state index contributed by atoms with van der Waals surface area (Å²) in [6, 6.07) is 0. The number of hydrogen-bond acceptors (Lipinski definition) is 2. The van der Waals surface area contributed by atoms with Crippen molar-refractivity contribution < 1.29 is 9.47 Å². The van der Waals surface area contributed by atoms with Crippen molar-refractivity contribution in [2.24, 2.45) is 0 Å². The van der Waals surface area contributed by atoms with Gasteiger partial charge >= 0.3 is 0 Å². The largest absolute Gasteiger partial charge is 0.379 e. The Bertz CT molecular complexity index is 119. The molecule has 0 aliphatic rings. The fraction of sp³-hybridized carbons (Fsp3) is 1.00. The maximum Gasteiger partial charge on any atom is 0.0627 e. The first kappa shape index (κ1) is 12.9. The molecule has 0 saturated heterocycles. The van der Waals surface area contributed by atoms with Crippen molar-refractivity contribution in [3.8, 4) is 0 Å². The monoisotopic (exact) mass is 188 g/mol. The van der Waals surface area contributed by atoms with Gasteiger partial charge in [-0.05, 0) is 47.5 Å². The molecule has 0 aliphatic heterocycles. The van der Waals surface area contributed by atoms with Crippen LogP contribution in [0.25, 0.3) is 0 Å². The first-order chi connectivity index (χ1) is 5.98. The molecule has 80 valence electrons. The normalized spacial score (nSPS) is 12.5. The van der Waals surface area contributed by atoms with Crippen molar-refractivity contribution in [1.29, 1.82) is 0 Å². The minimum atomic E-state index is 0.00902. The highest BCUT2D eigenvalue weighted by molar-refractivity contribution is 4.67. The molecule has 0 N–H and O–H groups in total. The summed E-state index contributed by atoms with van der Waals surface area (Å²) in [5.74, 6) is 0. The Morgan fingerprint density at radius 1 is 1.23 bits per heavy atom. The third-order valence-corrected chi connectivity index (χ3v) is 1.91. The Morgan fingerprint density at radius 3 is 2.31 bits per heavy atom. The van der Waals surface area contributed by atoms with Gasteiger partial charge in [0.2, 0.25) is 0 Å². The first-order valence-corrected chi connectivity index (χ1v) is 5.23. The van der Waals surface area contributed by atoms with Crippen LogP contribution in [0.15, 0.2) is 0 Å². The summed E-state index contributed by atoms with van der Waals surface area (Å²) in [5.41, 5.74) is 0.00902. The molecule has 0 saturated carbocycles. The van der Waals surface area contributed by atoms with E-state index in [4.69, 9.17) is 9.47 Å². The zero-order valence-electron chi connectivity index (χ0n) is 9.72. The van der Waals surface area contributed by atoms with Crippen molar-refractivity contribution in [3.05, 3.63) is 0 Å². The van der Waals surface area contributed by atoms with Crippen LogP contribution in [0.5, 0.6) is 0 Å². The molecule has 0 spiro atoms. The number of rotatable bonds is 7. The van der Waals surface area contributed by atoms with E-state index in [0.29, 0.717) is 6.10 Å². The molecule has 0 heterocycles. The van der Waals surface area contributed by atoms with Crippen LogP contribution in [0.2, 0.25) is 0 Å². The van der Waals surface area contributed by atoms with Gasteiger partial charge in [-0.2, -0.15) is 0 Å². The lowest BCUT2D eigenvalue weighted by Crippen LogP contribution is -2.24. The van der Waals surface area contributed by atoms with Gasteiger partial charge < -0.3 is 9.47 Å². The predicted molar refractivity (Wildman–Crippen MR) is 56.0 cm³/mol. The summed E-state index contributed by atoms with van der Waals surface area (Å²) >= 11 is 0. The van der Waals surface area contributed by atoms with Crippen molar-refractivity contribution in [1.82, 2.24) is 0 Å². The van der Waals surface area contributed by atoms with Crippen molar-refractivity contribution in [2.75, 3.05) is 13.2 Å². The molecule has 13 heavy (non-hydrogen) atoms. The van der Waals surface area contributed by atoms with Gasteiger partial charge in [0.15, 0.2) is 0 Å². The van der Waals surface area contributed by atoms with Gasteiger partial charge in [-0.15, -0.1) is 0 Å². The average molecular weight is 188 g/mol. The Morgan fingerprint density at radius 2 is 1.85 bits per heavy atom. The van der Waals surface area contributed by atoms with E-state index < -0.39 is 0 Å². The van der Waals surface area contributed by atoms with E-state index in [1.807, 2.05) is 6.92 Å². The van der Waals surface area contributed by atoms with E-state index in [2.05, 4.69) is 27.7 Å². The zero-order chi connectivity index (χ0) is 10.3. The fourth-order valence-electron chi connectivity index (χ4n) is 1.28. The Balaban J connectivity index is 3.40. The molecule has 0 fully saturated rings. The molecule has 0 amide bonds. The van der Waals surface area contributed by atoms with Crippen LogP contribution in [0, 0.1) is 0 Å². The summed E-state index contributed by atoms with van der Waals surface area (Å²) in [4.78, 5) is 0. The third kappa shape index (κ3) is 8.26. The molecule has 0 bridgehead atoms. The van der Waals surface area contributed by atoms with Crippen LogP contribution < -0.4 is 0 Å². The smallest absolute Gasteiger partial charge is 0.0627 e. The molecule has 2 heteroatoms. The standard InChI is InChI=1S/C11H24O2/c1-6-13-11(4,5)8-7-9-12-10(2)3/h10H,6-9H2,1-5H3. The molecule has 2 nitrogen and oxygen atoms in total. The highest BCUT2D eigenvalue weighted by atomic mass is 16.5. The first-order valence-electron chi connectivity index (χ1n) is 5.23. The molecular formula is C11H24O2. The van der Waals surface area contributed by atoms with Gasteiger partial charge in [-0.3, -0.25) is 0 Å². The van der Waals surface area contributed by atoms with Gasteiger partial charge in [0.05, 0.1) is 11.7 Å². The van der Waals surface area contributed by atoms with E-state index in [-0.39, 0.29) is 5.60 Å². The van der Waals surface area contributed by atoms with Crippen LogP contribution in [-0.4, -0.2) is 24.9 Å². The van der Waals surface area contributed by atoms with Crippen LogP contribution in [0.4, 0.5) is 0 Å². The molecule has 0 rings (SSSR count). The van der Waals surface area contributed by atoms with Crippen LogP contribution in [0.1, 0.15) is 47.5 Å². The quantitative estimate of drug-likeness (QED) is 0.572. The molecule has 0 aromatic carbocycles. The van der Waals surface area contributed by atoms with Crippen molar-refractivity contribution >= 4 is 0 Å². The lowest BCUT2D eigenvalue weighted by Gasteiger charge is -2.24. The summed E-state index contributed by atoms with van der Waals surface area (Å²) in [6.07, 6.45) is 2.48. The molecular weight excluding hydrogens is 164 g/mol. The maximum absolute atomic E-state index is 5.58. The summed E-state index contributed by atoms with van der Waals surface area (Å²) in [7, 11) is 0. The van der Waals surface area contributed by atoms with Gasteiger partial charge in [0, 0.05) is 13.2 Å². The number of ether oxygens (including phenoxy) is 2. The second-order valence-corrected chi connectivity index (χ2v) is 4.22. The summed E-state index contributed by atoms with van der Waals surface area (Å²) in [6.45, 7) is 12.1. The van der Waals surface area contributed by atoms with Gasteiger partial charge in [-0.25, -0.2) is 0 Å². The number of hydrogen-bond donors (Lipinski definition) is 0. The third-order valence-electron chi connectivity index (χ3n) is 1.91. The van der Waals surface area contributed by atoms with E-state index in [0.717, 1.165) is 26.1 Å². The molecule has 0 aromatic heterocycles. The zero-order valence-corrected chi connectivity index (χ0v) is 9.72. The van der Waals surface area contributed by atoms with Gasteiger partial charge in [0.25, 0.3) is 0 Å². The Kier molecular flexibility index (Phi) is 6.35. The fourth-order valence-corrected chi connectivity index (χ4v) is 1.28. The van der Waals surface area contributed by atoms with Crippen LogP contribution in [0.3, 0.4) is 0 Å². The van der Waals surface area contributed by atoms with Crippen LogP contribution >= 0.6 is 0 Å². The summed E-state index contributed by atoms with van der Waals surface area (Å²) < 4.78 is 11.0. The Hall–Kier alpha value is -0.0800. The van der Waals surface area contributed by atoms with Crippen LogP contribution in [-0.2, 0) is 9.47 Å². The molecule has 0 radical (unpaired) electrons. The average Bonchev–Trinajstić information content (AvgIpc) is 1.98. The minimum absolute atomic E-state index is 0.00902. The lowest BCUT2D eigenvalue weighted by molar-refractivity contribution is -0.0253. The topological polar surface area (TPSA) is 18.5 Å². The molecule has 0 unspecified atom stereocenters. The van der Waals surface area contributed by atoms with E-state index in [1.54, 1.807) is 0 Å². The second kappa shape index (κ2) is 6.39. The van der Waals surface area contributed by atoms with E-state index in [1.165, 1.54) is 0 Å². The van der Waals surface area contributed by atoms with E-state index >= 15 is 0 Å². The van der Waals surface area contributed by atoms with Crippen molar-refractivity contribution in [3.63, 3.8) is 0 Å². The van der Waals surface area contributed by atoms with Crippen molar-refractivity contribution in [2.45, 2.75) is 59.2 Å². The molecule has 0 aliphatic carbocycles. The second-order valence-electron chi connectivity index (χ2n) is 4.22. The van der Waals surface area contributed by atoms with Gasteiger partial charge in [-0.1, -0.05) is 0 Å². The molecule has 0 atom stereocenters.